The fourth-order valence-corrected chi connectivity index (χ4v) is 5.91. The molecule has 7 nitrogen and oxygen atoms in total. The zero-order valence-electron chi connectivity index (χ0n) is 22.6. The number of nitrogens with one attached hydrogen (secondary N) is 2. The maximum Gasteiger partial charge on any atom is 0.336 e. The van der Waals surface area contributed by atoms with Crippen LogP contribution in [0, 0.1) is 6.92 Å². The van der Waals surface area contributed by atoms with E-state index >= 15 is 0 Å². The summed E-state index contributed by atoms with van der Waals surface area (Å²) in [5, 5.41) is 8.11. The molecule has 5 rings (SSSR count). The third-order valence-electron chi connectivity index (χ3n) is 6.16. The van der Waals surface area contributed by atoms with Gasteiger partial charge in [0.2, 0.25) is 0 Å². The van der Waals surface area contributed by atoms with Crippen molar-refractivity contribution in [2.45, 2.75) is 6.92 Å². The molecule has 0 aliphatic heterocycles. The Morgan fingerprint density at radius 3 is 2.47 bits per heavy atom. The molecule has 0 bridgehead atoms. The van der Waals surface area contributed by atoms with Crippen molar-refractivity contribution in [2.75, 3.05) is 5.32 Å². The van der Waals surface area contributed by atoms with Gasteiger partial charge in [0, 0.05) is 37.4 Å². The molecule has 214 valence electrons. The van der Waals surface area contributed by atoms with E-state index in [-0.39, 0.29) is 11.7 Å². The molecule has 1 aromatic heterocycles. The van der Waals surface area contributed by atoms with Crippen LogP contribution in [0.15, 0.2) is 107 Å². The molecule has 43 heavy (non-hydrogen) atoms. The molecule has 5 aromatic rings. The second-order valence-electron chi connectivity index (χ2n) is 9.32. The van der Waals surface area contributed by atoms with E-state index in [1.165, 1.54) is 23.6 Å². The van der Waals surface area contributed by atoms with Gasteiger partial charge in [-0.25, -0.2) is 10.2 Å². The highest BCUT2D eigenvalue weighted by atomic mass is 79.9. The van der Waals surface area contributed by atoms with Gasteiger partial charge in [0.1, 0.15) is 10.6 Å². The first-order valence-corrected chi connectivity index (χ1v) is 14.9. The summed E-state index contributed by atoms with van der Waals surface area (Å²) < 4.78 is 7.16. The minimum atomic E-state index is -0.554. The highest BCUT2D eigenvalue weighted by Crippen LogP contribution is 2.36. The van der Waals surface area contributed by atoms with E-state index in [1.807, 2.05) is 55.5 Å². The van der Waals surface area contributed by atoms with E-state index in [2.05, 4.69) is 31.8 Å². The average molecular weight is 673 g/mol. The summed E-state index contributed by atoms with van der Waals surface area (Å²) >= 11 is 11.2. The predicted molar refractivity (Wildman–Crippen MR) is 176 cm³/mol. The SMILES string of the molecule is Cc1ccc2c(Cl)c(C(=O)Nc3ccc(C(=O)N/N=C\c4cc(Br)ccc4OC(=O)/C=C/c4ccccc4)cc3)sc2c1. The fourth-order valence-electron chi connectivity index (χ4n) is 4.02. The summed E-state index contributed by atoms with van der Waals surface area (Å²) in [6.45, 7) is 1.98. The zero-order valence-corrected chi connectivity index (χ0v) is 25.8. The van der Waals surface area contributed by atoms with E-state index in [0.717, 1.165) is 25.7 Å². The van der Waals surface area contributed by atoms with Crippen molar-refractivity contribution < 1.29 is 19.1 Å². The van der Waals surface area contributed by atoms with E-state index in [1.54, 1.807) is 48.5 Å². The standard InChI is InChI=1S/C33H23BrClN3O4S/c1-20-7-14-26-28(17-20)43-31(30(26)35)33(41)37-25-12-9-22(10-13-25)32(40)38-36-19-23-18-24(34)11-15-27(23)42-29(39)16-8-21-5-3-2-4-6-21/h2-19H,1H3,(H,37,41)(H,38,40)/b16-8+,36-19-. The van der Waals surface area contributed by atoms with Gasteiger partial charge in [0.25, 0.3) is 11.8 Å². The highest BCUT2D eigenvalue weighted by molar-refractivity contribution is 9.10. The molecule has 4 aromatic carbocycles. The van der Waals surface area contributed by atoms with Gasteiger partial charge in [-0.05, 0) is 72.7 Å². The Bertz CT molecular complexity index is 1890. The minimum absolute atomic E-state index is 0.276. The molecule has 0 radical (unpaired) electrons. The van der Waals surface area contributed by atoms with Crippen LogP contribution in [0.5, 0.6) is 5.75 Å². The Labute approximate surface area is 265 Å². The van der Waals surface area contributed by atoms with Crippen LogP contribution in [-0.2, 0) is 4.79 Å². The van der Waals surface area contributed by atoms with E-state index < -0.39 is 11.9 Å². The van der Waals surface area contributed by atoms with Crippen molar-refractivity contribution >= 4 is 84.7 Å². The summed E-state index contributed by atoms with van der Waals surface area (Å²) in [4.78, 5) is 38.3. The van der Waals surface area contributed by atoms with Crippen LogP contribution in [-0.4, -0.2) is 24.0 Å². The van der Waals surface area contributed by atoms with Crippen LogP contribution in [0.1, 0.15) is 36.7 Å². The number of thiophene rings is 1. The maximum absolute atomic E-state index is 12.9. The van der Waals surface area contributed by atoms with Crippen LogP contribution in [0.2, 0.25) is 5.02 Å². The fraction of sp³-hybridized carbons (Fsp3) is 0.0303. The molecule has 0 saturated heterocycles. The maximum atomic E-state index is 12.9. The minimum Gasteiger partial charge on any atom is -0.423 e. The number of amides is 2. The van der Waals surface area contributed by atoms with Crippen molar-refractivity contribution in [3.05, 3.63) is 134 Å². The first kappa shape index (κ1) is 29.9. The number of carbonyl (C=O) groups excluding carboxylic acids is 3. The van der Waals surface area contributed by atoms with Crippen molar-refractivity contribution in [2.24, 2.45) is 5.10 Å². The third-order valence-corrected chi connectivity index (χ3v) is 8.31. The van der Waals surface area contributed by atoms with Gasteiger partial charge in [-0.2, -0.15) is 5.10 Å². The number of fused-ring (bicyclic) bond motifs is 1. The molecule has 0 spiro atoms. The van der Waals surface area contributed by atoms with Crippen molar-refractivity contribution in [1.29, 1.82) is 0 Å². The molecular weight excluding hydrogens is 650 g/mol. The van der Waals surface area contributed by atoms with Crippen LogP contribution < -0.4 is 15.5 Å². The molecule has 0 aliphatic rings. The molecule has 10 heteroatoms. The van der Waals surface area contributed by atoms with Gasteiger partial charge in [-0.3, -0.25) is 9.59 Å². The predicted octanol–water partition coefficient (Wildman–Crippen LogP) is 8.26. The lowest BCUT2D eigenvalue weighted by molar-refractivity contribution is -0.128. The van der Waals surface area contributed by atoms with Crippen molar-refractivity contribution in [1.82, 2.24) is 5.43 Å². The van der Waals surface area contributed by atoms with Crippen molar-refractivity contribution in [3.8, 4) is 5.75 Å². The topological polar surface area (TPSA) is 96.9 Å². The summed E-state index contributed by atoms with van der Waals surface area (Å²) in [6, 6.07) is 26.7. The van der Waals surface area contributed by atoms with Crippen LogP contribution in [0.4, 0.5) is 5.69 Å². The third kappa shape index (κ3) is 7.64. The normalized spacial score (nSPS) is 11.2. The van der Waals surface area contributed by atoms with Crippen LogP contribution >= 0.6 is 38.9 Å². The van der Waals surface area contributed by atoms with Gasteiger partial charge in [-0.15, -0.1) is 11.3 Å². The highest BCUT2D eigenvalue weighted by Gasteiger charge is 2.17. The van der Waals surface area contributed by atoms with Crippen LogP contribution in [0.25, 0.3) is 16.2 Å². The molecule has 0 aliphatic carbocycles. The number of ether oxygens (including phenoxy) is 1. The van der Waals surface area contributed by atoms with E-state index in [9.17, 15) is 14.4 Å². The molecule has 0 fully saturated rings. The molecular formula is C33H23BrClN3O4S. The summed E-state index contributed by atoms with van der Waals surface area (Å²) in [5.41, 5.74) is 5.74. The van der Waals surface area contributed by atoms with E-state index in [0.29, 0.717) is 26.7 Å². The van der Waals surface area contributed by atoms with Gasteiger partial charge in [0.15, 0.2) is 0 Å². The summed E-state index contributed by atoms with van der Waals surface area (Å²) in [5.74, 6) is -1.07. The van der Waals surface area contributed by atoms with Gasteiger partial charge in [-0.1, -0.05) is 70.0 Å². The monoisotopic (exact) mass is 671 g/mol. The van der Waals surface area contributed by atoms with Crippen LogP contribution in [0.3, 0.4) is 0 Å². The number of anilines is 1. The Morgan fingerprint density at radius 1 is 0.930 bits per heavy atom. The largest absolute Gasteiger partial charge is 0.423 e. The number of carbonyl (C=O) groups is 3. The zero-order chi connectivity index (χ0) is 30.3. The molecule has 2 amide bonds. The Hall–Kier alpha value is -4.57. The number of hydrogen-bond acceptors (Lipinski definition) is 6. The second kappa shape index (κ2) is 13.6. The number of nitrogens with zero attached hydrogens (tertiary/aromatic N) is 1. The quantitative estimate of drug-likeness (QED) is 0.0570. The average Bonchev–Trinajstić information content (AvgIpc) is 3.33. The van der Waals surface area contributed by atoms with Gasteiger partial charge < -0.3 is 10.1 Å². The Balaban J connectivity index is 1.20. The number of benzene rings is 4. The number of halogens is 2. The molecule has 0 atom stereocenters. The number of hydrogen-bond donors (Lipinski definition) is 2. The number of hydrazone groups is 1. The van der Waals surface area contributed by atoms with Gasteiger partial charge >= 0.3 is 5.97 Å². The number of aryl methyl sites for hydroxylation is 1. The van der Waals surface area contributed by atoms with Crippen molar-refractivity contribution in [3.63, 3.8) is 0 Å². The Morgan fingerprint density at radius 2 is 1.70 bits per heavy atom. The number of rotatable bonds is 8. The lowest BCUT2D eigenvalue weighted by atomic mass is 10.2. The Kier molecular flexibility index (Phi) is 9.46. The lowest BCUT2D eigenvalue weighted by Gasteiger charge is -2.07. The smallest absolute Gasteiger partial charge is 0.336 e. The summed E-state index contributed by atoms with van der Waals surface area (Å²) in [6.07, 6.45) is 4.38. The lowest BCUT2D eigenvalue weighted by Crippen LogP contribution is -2.18. The summed E-state index contributed by atoms with van der Waals surface area (Å²) in [7, 11) is 0. The molecule has 2 N–H and O–H groups in total. The van der Waals surface area contributed by atoms with E-state index in [4.69, 9.17) is 16.3 Å². The number of esters is 1. The first-order chi connectivity index (χ1) is 20.8. The first-order valence-electron chi connectivity index (χ1n) is 12.9. The molecule has 1 heterocycles. The molecule has 0 saturated carbocycles. The second-order valence-corrected chi connectivity index (χ2v) is 11.7. The van der Waals surface area contributed by atoms with Gasteiger partial charge in [0.05, 0.1) is 11.2 Å². The molecule has 0 unspecified atom stereocenters.